The van der Waals surface area contributed by atoms with Crippen LogP contribution in [0.3, 0.4) is 0 Å². The molecule has 0 aliphatic rings. The smallest absolute Gasteiger partial charge is 0.321 e. The molecule has 0 spiro atoms. The maximum Gasteiger partial charge on any atom is 0.321 e. The summed E-state index contributed by atoms with van der Waals surface area (Å²) < 4.78 is 1.07. The fourth-order valence-electron chi connectivity index (χ4n) is 1.27. The lowest BCUT2D eigenvalue weighted by Gasteiger charge is -2.08. The van der Waals surface area contributed by atoms with Crippen LogP contribution in [0.2, 0.25) is 0 Å². The highest BCUT2D eigenvalue weighted by Gasteiger charge is 2.09. The summed E-state index contributed by atoms with van der Waals surface area (Å²) in [5.74, 6) is -0.978. The van der Waals surface area contributed by atoms with Gasteiger partial charge in [-0.2, -0.15) is 0 Å². The highest BCUT2D eigenvalue weighted by molar-refractivity contribution is 9.10. The van der Waals surface area contributed by atoms with Gasteiger partial charge in [0, 0.05) is 11.0 Å². The number of rotatable bonds is 6. The standard InChI is InChI=1S/C11H15BrN2O2/c12-9-4-2-1-3-8(9)5-6-14-7-10(13)11(15)16/h1-4,10,14H,5-7,13H2,(H,15,16). The third-order valence-electron chi connectivity index (χ3n) is 2.21. The molecular formula is C11H15BrN2O2. The van der Waals surface area contributed by atoms with E-state index in [2.05, 4.69) is 21.2 Å². The van der Waals surface area contributed by atoms with Crippen LogP contribution in [0.25, 0.3) is 0 Å². The van der Waals surface area contributed by atoms with Crippen molar-refractivity contribution >= 4 is 21.9 Å². The van der Waals surface area contributed by atoms with Crippen LogP contribution >= 0.6 is 15.9 Å². The van der Waals surface area contributed by atoms with Crippen molar-refractivity contribution in [2.45, 2.75) is 12.5 Å². The van der Waals surface area contributed by atoms with Crippen LogP contribution < -0.4 is 11.1 Å². The molecule has 0 saturated heterocycles. The predicted octanol–water partition coefficient (Wildman–Crippen LogP) is 0.993. The van der Waals surface area contributed by atoms with E-state index in [0.717, 1.165) is 10.9 Å². The third-order valence-corrected chi connectivity index (χ3v) is 2.98. The van der Waals surface area contributed by atoms with E-state index >= 15 is 0 Å². The van der Waals surface area contributed by atoms with Gasteiger partial charge in [-0.05, 0) is 24.6 Å². The highest BCUT2D eigenvalue weighted by atomic mass is 79.9. The third kappa shape index (κ3) is 4.30. The Morgan fingerprint density at radius 3 is 2.81 bits per heavy atom. The Bertz CT molecular complexity index is 358. The summed E-state index contributed by atoms with van der Waals surface area (Å²) in [4.78, 5) is 10.4. The van der Waals surface area contributed by atoms with Gasteiger partial charge in [0.2, 0.25) is 0 Å². The monoisotopic (exact) mass is 286 g/mol. The van der Waals surface area contributed by atoms with E-state index in [1.165, 1.54) is 5.56 Å². The molecule has 4 N–H and O–H groups in total. The van der Waals surface area contributed by atoms with Crippen molar-refractivity contribution in [1.29, 1.82) is 0 Å². The summed E-state index contributed by atoms with van der Waals surface area (Å²) >= 11 is 3.45. The molecule has 5 heteroatoms. The molecule has 1 aromatic carbocycles. The van der Waals surface area contributed by atoms with E-state index < -0.39 is 12.0 Å². The summed E-state index contributed by atoms with van der Waals surface area (Å²) in [7, 11) is 0. The number of carboxylic acids is 1. The second kappa shape index (κ2) is 6.62. The van der Waals surface area contributed by atoms with E-state index in [0.29, 0.717) is 13.1 Å². The maximum absolute atomic E-state index is 10.4. The average Bonchev–Trinajstić information content (AvgIpc) is 2.26. The van der Waals surface area contributed by atoms with Crippen LogP contribution in [0, 0.1) is 0 Å². The molecule has 0 radical (unpaired) electrons. The lowest BCUT2D eigenvalue weighted by atomic mass is 10.1. The Hall–Kier alpha value is -0.910. The molecule has 1 aromatic rings. The zero-order valence-electron chi connectivity index (χ0n) is 8.82. The molecule has 0 heterocycles. The topological polar surface area (TPSA) is 75.3 Å². The van der Waals surface area contributed by atoms with E-state index in [-0.39, 0.29) is 0 Å². The number of hydrogen-bond donors (Lipinski definition) is 3. The molecule has 4 nitrogen and oxygen atoms in total. The number of halogens is 1. The number of nitrogens with one attached hydrogen (secondary N) is 1. The van der Waals surface area contributed by atoms with Gasteiger partial charge in [-0.25, -0.2) is 0 Å². The molecule has 0 aromatic heterocycles. The first kappa shape index (κ1) is 13.2. The zero-order valence-corrected chi connectivity index (χ0v) is 10.4. The number of benzene rings is 1. The minimum atomic E-state index is -0.978. The van der Waals surface area contributed by atoms with Gasteiger partial charge >= 0.3 is 5.97 Å². The van der Waals surface area contributed by atoms with E-state index in [9.17, 15) is 4.79 Å². The van der Waals surface area contributed by atoms with E-state index in [4.69, 9.17) is 10.8 Å². The quantitative estimate of drug-likeness (QED) is 0.682. The summed E-state index contributed by atoms with van der Waals surface area (Å²) in [5, 5.41) is 11.6. The van der Waals surface area contributed by atoms with Gasteiger partial charge in [0.25, 0.3) is 0 Å². The molecule has 1 atom stereocenters. The zero-order chi connectivity index (χ0) is 12.0. The molecule has 1 unspecified atom stereocenters. The van der Waals surface area contributed by atoms with E-state index in [1.807, 2.05) is 24.3 Å². The summed E-state index contributed by atoms with van der Waals surface area (Å²) in [6.45, 7) is 1.00. The normalized spacial score (nSPS) is 12.4. The minimum Gasteiger partial charge on any atom is -0.480 e. The Morgan fingerprint density at radius 1 is 1.50 bits per heavy atom. The fraction of sp³-hybridized carbons (Fsp3) is 0.364. The summed E-state index contributed by atoms with van der Waals surface area (Å²) in [6, 6.07) is 7.12. The second-order valence-corrected chi connectivity index (χ2v) is 4.34. The Kier molecular flexibility index (Phi) is 5.45. The van der Waals surface area contributed by atoms with Crippen molar-refractivity contribution in [1.82, 2.24) is 5.32 Å². The molecule has 0 aliphatic carbocycles. The number of nitrogens with two attached hydrogens (primary N) is 1. The van der Waals surface area contributed by atoms with Crippen LogP contribution in [-0.2, 0) is 11.2 Å². The van der Waals surface area contributed by atoms with Crippen molar-refractivity contribution in [2.24, 2.45) is 5.73 Å². The minimum absolute atomic E-state index is 0.291. The largest absolute Gasteiger partial charge is 0.480 e. The van der Waals surface area contributed by atoms with Gasteiger partial charge in [-0.3, -0.25) is 4.79 Å². The first-order chi connectivity index (χ1) is 7.61. The Morgan fingerprint density at radius 2 is 2.19 bits per heavy atom. The molecule has 88 valence electrons. The first-order valence-electron chi connectivity index (χ1n) is 5.03. The highest BCUT2D eigenvalue weighted by Crippen LogP contribution is 2.15. The molecule has 0 bridgehead atoms. The SMILES string of the molecule is NC(CNCCc1ccccc1Br)C(=O)O. The molecule has 0 aliphatic heterocycles. The number of aliphatic carboxylic acids is 1. The lowest BCUT2D eigenvalue weighted by molar-refractivity contribution is -0.138. The molecule has 0 saturated carbocycles. The maximum atomic E-state index is 10.4. The molecule has 1 rings (SSSR count). The summed E-state index contributed by atoms with van der Waals surface area (Å²) in [6.07, 6.45) is 0.841. The second-order valence-electron chi connectivity index (χ2n) is 3.49. The van der Waals surface area contributed by atoms with Gasteiger partial charge in [0.1, 0.15) is 6.04 Å². The van der Waals surface area contributed by atoms with Crippen LogP contribution in [0.5, 0.6) is 0 Å². The van der Waals surface area contributed by atoms with Gasteiger partial charge in [-0.1, -0.05) is 34.1 Å². The van der Waals surface area contributed by atoms with Gasteiger partial charge in [-0.15, -0.1) is 0 Å². The predicted molar refractivity (Wildman–Crippen MR) is 66.3 cm³/mol. The van der Waals surface area contributed by atoms with Crippen molar-refractivity contribution in [2.75, 3.05) is 13.1 Å². The van der Waals surface area contributed by atoms with E-state index in [1.54, 1.807) is 0 Å². The summed E-state index contributed by atoms with van der Waals surface area (Å²) in [5.41, 5.74) is 6.55. The number of carbonyl (C=O) groups is 1. The Labute approximate surface area is 103 Å². The van der Waals surface area contributed by atoms with Gasteiger partial charge in [0.05, 0.1) is 0 Å². The van der Waals surface area contributed by atoms with Gasteiger partial charge < -0.3 is 16.2 Å². The van der Waals surface area contributed by atoms with Crippen LogP contribution in [0.15, 0.2) is 28.7 Å². The van der Waals surface area contributed by atoms with Crippen LogP contribution in [0.4, 0.5) is 0 Å². The van der Waals surface area contributed by atoms with Crippen LogP contribution in [-0.4, -0.2) is 30.2 Å². The number of carboxylic acid groups (broad SMARTS) is 1. The first-order valence-corrected chi connectivity index (χ1v) is 5.83. The lowest BCUT2D eigenvalue weighted by Crippen LogP contribution is -2.40. The average molecular weight is 287 g/mol. The van der Waals surface area contributed by atoms with Crippen molar-refractivity contribution in [3.8, 4) is 0 Å². The number of hydrogen-bond acceptors (Lipinski definition) is 3. The fourth-order valence-corrected chi connectivity index (χ4v) is 1.75. The van der Waals surface area contributed by atoms with Crippen LogP contribution in [0.1, 0.15) is 5.56 Å². The molecular weight excluding hydrogens is 272 g/mol. The van der Waals surface area contributed by atoms with Crippen molar-refractivity contribution in [3.05, 3.63) is 34.3 Å². The Balaban J connectivity index is 2.26. The molecule has 16 heavy (non-hydrogen) atoms. The molecule has 0 amide bonds. The molecule has 0 fully saturated rings. The van der Waals surface area contributed by atoms with Crippen molar-refractivity contribution < 1.29 is 9.90 Å². The van der Waals surface area contributed by atoms with Gasteiger partial charge in [0.15, 0.2) is 0 Å². The van der Waals surface area contributed by atoms with Crippen molar-refractivity contribution in [3.63, 3.8) is 0 Å².